The van der Waals surface area contributed by atoms with Crippen LogP contribution in [0.25, 0.3) is 11.0 Å². The fourth-order valence-electron chi connectivity index (χ4n) is 5.13. The van der Waals surface area contributed by atoms with Gasteiger partial charge >= 0.3 is 5.69 Å². The van der Waals surface area contributed by atoms with E-state index in [-0.39, 0.29) is 29.7 Å². The standard InChI is InChI=1S/C25H31N5O3/c31-23(8-13-30-22-6-2-1-5-21(22)28-24(30)32)27-17-20-7-9-25(33-20)10-14-29(15-11-25)18-19-4-3-12-26-16-19/h1-6,12,16,20H,7-11,13-15,17-18H2,(H,27,31)(H,28,32)/t20-/m1/s1. The molecule has 174 valence electrons. The molecule has 1 amide bonds. The lowest BCUT2D eigenvalue weighted by atomic mass is 9.88. The third-order valence-corrected chi connectivity index (χ3v) is 7.01. The Kier molecular flexibility index (Phi) is 6.28. The van der Waals surface area contributed by atoms with Gasteiger partial charge in [0.1, 0.15) is 0 Å². The molecule has 2 saturated heterocycles. The van der Waals surface area contributed by atoms with Gasteiger partial charge in [-0.15, -0.1) is 0 Å². The first-order chi connectivity index (χ1) is 16.1. The third-order valence-electron chi connectivity index (χ3n) is 7.01. The van der Waals surface area contributed by atoms with E-state index in [9.17, 15) is 9.59 Å². The zero-order valence-corrected chi connectivity index (χ0v) is 18.8. The largest absolute Gasteiger partial charge is 0.370 e. The van der Waals surface area contributed by atoms with Gasteiger partial charge in [0.15, 0.2) is 0 Å². The fraction of sp³-hybridized carbons (Fsp3) is 0.480. The highest BCUT2D eigenvalue weighted by atomic mass is 16.5. The second-order valence-electron chi connectivity index (χ2n) is 9.25. The Morgan fingerprint density at radius 2 is 2.03 bits per heavy atom. The molecule has 2 aliphatic heterocycles. The van der Waals surface area contributed by atoms with Crippen LogP contribution in [0.4, 0.5) is 0 Å². The SMILES string of the molecule is O=C(CCn1c(=O)[nH]c2ccccc21)NC[C@H]1CCC2(CCN(Cc3cccnc3)CC2)O1. The fourth-order valence-corrected chi connectivity index (χ4v) is 5.13. The molecule has 2 fully saturated rings. The second kappa shape index (κ2) is 9.49. The minimum Gasteiger partial charge on any atom is -0.370 e. The van der Waals surface area contributed by atoms with Crippen molar-refractivity contribution in [3.63, 3.8) is 0 Å². The van der Waals surface area contributed by atoms with Gasteiger partial charge in [-0.05, 0) is 49.4 Å². The van der Waals surface area contributed by atoms with Crippen molar-refractivity contribution in [2.45, 2.75) is 56.9 Å². The number of likely N-dealkylation sites (tertiary alicyclic amines) is 1. The zero-order chi connectivity index (χ0) is 22.7. The van der Waals surface area contributed by atoms with Crippen LogP contribution in [0.15, 0.2) is 53.6 Å². The van der Waals surface area contributed by atoms with Crippen molar-refractivity contribution in [3.8, 4) is 0 Å². The molecule has 8 heteroatoms. The Bertz CT molecular complexity index is 1150. The number of ether oxygens (including phenoxy) is 1. The maximum Gasteiger partial charge on any atom is 0.326 e. The van der Waals surface area contributed by atoms with E-state index < -0.39 is 0 Å². The minimum atomic E-state index is -0.181. The van der Waals surface area contributed by atoms with Crippen molar-refractivity contribution in [1.29, 1.82) is 0 Å². The quantitative estimate of drug-likeness (QED) is 0.578. The number of imidazole rings is 1. The van der Waals surface area contributed by atoms with E-state index in [4.69, 9.17) is 4.74 Å². The summed E-state index contributed by atoms with van der Waals surface area (Å²) < 4.78 is 8.07. The number of hydrogen-bond acceptors (Lipinski definition) is 5. The van der Waals surface area contributed by atoms with E-state index in [1.807, 2.05) is 42.7 Å². The van der Waals surface area contributed by atoms with Crippen LogP contribution in [0.2, 0.25) is 0 Å². The van der Waals surface area contributed by atoms with Gasteiger partial charge in [0.25, 0.3) is 0 Å². The first kappa shape index (κ1) is 21.9. The average Bonchev–Trinajstić information content (AvgIpc) is 3.38. The van der Waals surface area contributed by atoms with Gasteiger partial charge < -0.3 is 15.0 Å². The van der Waals surface area contributed by atoms with Gasteiger partial charge in [-0.25, -0.2) is 4.79 Å². The van der Waals surface area contributed by atoms with Crippen molar-refractivity contribution in [2.75, 3.05) is 19.6 Å². The van der Waals surface area contributed by atoms with E-state index in [1.54, 1.807) is 4.57 Å². The van der Waals surface area contributed by atoms with E-state index in [1.165, 1.54) is 5.56 Å². The summed E-state index contributed by atoms with van der Waals surface area (Å²) >= 11 is 0. The Morgan fingerprint density at radius 3 is 2.85 bits per heavy atom. The predicted octanol–water partition coefficient (Wildman–Crippen LogP) is 2.44. The smallest absolute Gasteiger partial charge is 0.326 e. The van der Waals surface area contributed by atoms with Crippen molar-refractivity contribution >= 4 is 16.9 Å². The van der Waals surface area contributed by atoms with E-state index in [0.717, 1.165) is 56.4 Å². The third kappa shape index (κ3) is 5.02. The number of nitrogens with one attached hydrogen (secondary N) is 2. The monoisotopic (exact) mass is 449 g/mol. The molecule has 5 rings (SSSR count). The lowest BCUT2D eigenvalue weighted by Crippen LogP contribution is -2.44. The summed E-state index contributed by atoms with van der Waals surface area (Å²) in [6, 6.07) is 11.6. The van der Waals surface area contributed by atoms with Crippen molar-refractivity contribution in [1.82, 2.24) is 24.8 Å². The maximum atomic E-state index is 12.4. The van der Waals surface area contributed by atoms with Crippen LogP contribution < -0.4 is 11.0 Å². The highest BCUT2D eigenvalue weighted by molar-refractivity contribution is 5.77. The minimum absolute atomic E-state index is 0.0435. The molecule has 33 heavy (non-hydrogen) atoms. The molecular weight excluding hydrogens is 418 g/mol. The number of pyridine rings is 1. The number of hydrogen-bond donors (Lipinski definition) is 2. The highest BCUT2D eigenvalue weighted by Gasteiger charge is 2.42. The van der Waals surface area contributed by atoms with E-state index >= 15 is 0 Å². The van der Waals surface area contributed by atoms with Gasteiger partial charge in [-0.3, -0.25) is 19.2 Å². The van der Waals surface area contributed by atoms with Crippen LogP contribution >= 0.6 is 0 Å². The molecule has 0 saturated carbocycles. The molecule has 2 aliphatic rings. The molecule has 2 N–H and O–H groups in total. The molecule has 0 aliphatic carbocycles. The average molecular weight is 450 g/mol. The zero-order valence-electron chi connectivity index (χ0n) is 18.8. The summed E-state index contributed by atoms with van der Waals surface area (Å²) in [6.45, 7) is 3.86. The van der Waals surface area contributed by atoms with Crippen LogP contribution in [-0.2, 0) is 22.6 Å². The first-order valence-electron chi connectivity index (χ1n) is 11.8. The normalized spacial score (nSPS) is 20.4. The van der Waals surface area contributed by atoms with Gasteiger partial charge in [0, 0.05) is 51.5 Å². The summed E-state index contributed by atoms with van der Waals surface area (Å²) in [5, 5.41) is 3.01. The number of piperidine rings is 1. The van der Waals surface area contributed by atoms with Crippen LogP contribution in [-0.4, -0.2) is 56.7 Å². The summed E-state index contributed by atoms with van der Waals surface area (Å²) in [6.07, 6.45) is 8.16. The number of aromatic nitrogens is 3. The number of carbonyl (C=O) groups is 1. The first-order valence-corrected chi connectivity index (χ1v) is 11.8. The molecule has 2 aromatic heterocycles. The van der Waals surface area contributed by atoms with Crippen molar-refractivity contribution < 1.29 is 9.53 Å². The second-order valence-corrected chi connectivity index (χ2v) is 9.25. The van der Waals surface area contributed by atoms with Gasteiger partial charge in [-0.2, -0.15) is 0 Å². The number of nitrogens with zero attached hydrogens (tertiary/aromatic N) is 3. The Balaban J connectivity index is 1.06. The van der Waals surface area contributed by atoms with Crippen LogP contribution in [0, 0.1) is 0 Å². The molecule has 1 atom stereocenters. The summed E-state index contributed by atoms with van der Waals surface area (Å²) in [5.41, 5.74) is 2.64. The van der Waals surface area contributed by atoms with E-state index in [0.29, 0.717) is 13.1 Å². The summed E-state index contributed by atoms with van der Waals surface area (Å²) in [4.78, 5) is 34.1. The van der Waals surface area contributed by atoms with Gasteiger partial charge in [0.05, 0.1) is 22.7 Å². The van der Waals surface area contributed by atoms with Gasteiger partial charge in [0.2, 0.25) is 5.91 Å². The number of benzene rings is 1. The molecule has 4 heterocycles. The number of rotatable bonds is 7. The number of amides is 1. The number of para-hydroxylation sites is 2. The number of aryl methyl sites for hydroxylation is 1. The van der Waals surface area contributed by atoms with Crippen LogP contribution in [0.3, 0.4) is 0 Å². The Labute approximate surface area is 193 Å². The molecular formula is C25H31N5O3. The Hall–Kier alpha value is -2.97. The predicted molar refractivity (Wildman–Crippen MR) is 126 cm³/mol. The summed E-state index contributed by atoms with van der Waals surface area (Å²) in [7, 11) is 0. The highest BCUT2D eigenvalue weighted by Crippen LogP contribution is 2.39. The van der Waals surface area contributed by atoms with Crippen LogP contribution in [0.5, 0.6) is 0 Å². The molecule has 0 unspecified atom stereocenters. The number of fused-ring (bicyclic) bond motifs is 1. The van der Waals surface area contributed by atoms with Crippen molar-refractivity contribution in [3.05, 3.63) is 64.8 Å². The maximum absolute atomic E-state index is 12.4. The molecule has 0 bridgehead atoms. The molecule has 1 aromatic carbocycles. The lowest BCUT2D eigenvalue weighted by molar-refractivity contribution is -0.123. The van der Waals surface area contributed by atoms with Crippen LogP contribution in [0.1, 0.15) is 37.7 Å². The Morgan fingerprint density at radius 1 is 1.18 bits per heavy atom. The topological polar surface area (TPSA) is 92.2 Å². The molecule has 8 nitrogen and oxygen atoms in total. The lowest BCUT2D eigenvalue weighted by Gasteiger charge is -2.39. The molecule has 0 radical (unpaired) electrons. The van der Waals surface area contributed by atoms with E-state index in [2.05, 4.69) is 26.3 Å². The van der Waals surface area contributed by atoms with Crippen molar-refractivity contribution in [2.24, 2.45) is 0 Å². The van der Waals surface area contributed by atoms with Gasteiger partial charge in [-0.1, -0.05) is 18.2 Å². The number of carbonyl (C=O) groups excluding carboxylic acids is 1. The number of H-pyrrole nitrogens is 1. The number of aromatic amines is 1. The summed E-state index contributed by atoms with van der Waals surface area (Å²) in [5.74, 6) is -0.0528. The molecule has 1 spiro atoms. The molecule has 3 aromatic rings.